The van der Waals surface area contributed by atoms with Crippen molar-refractivity contribution in [3.63, 3.8) is 0 Å². The number of phenolic OH excluding ortho intramolecular Hbond substituents is 1. The van der Waals surface area contributed by atoms with Crippen LogP contribution in [0.1, 0.15) is 50.3 Å². The maximum Gasteiger partial charge on any atom is 0.250 e. The molecule has 1 saturated carbocycles. The van der Waals surface area contributed by atoms with Gasteiger partial charge in [0.2, 0.25) is 0 Å². The van der Waals surface area contributed by atoms with Crippen LogP contribution >= 0.6 is 9.24 Å². The van der Waals surface area contributed by atoms with Gasteiger partial charge in [0.15, 0.2) is 5.78 Å². The summed E-state index contributed by atoms with van der Waals surface area (Å²) in [6.07, 6.45) is 0.0592. The van der Waals surface area contributed by atoms with Crippen LogP contribution in [0.4, 0.5) is 0 Å². The van der Waals surface area contributed by atoms with Gasteiger partial charge in [-0.1, -0.05) is 31.2 Å². The number of ketones is 1. The Hall–Kier alpha value is -3.23. The highest BCUT2D eigenvalue weighted by atomic mass is 31.0. The Morgan fingerprint density at radius 3 is 2.48 bits per heavy atom. The molecular weight excluding hydrogens is 577 g/mol. The zero-order chi connectivity index (χ0) is 32.2. The SMILES string of the molecule is CCCN(Cc1cccc(-c2ccc(O)c3c2C[C@H]2C[C@H]4[C@H](N(C)C)C(O)=C(C(N)=O)C(O)[C@@]4(P)C(=O)C2=C3O)c1)C(C)C. The lowest BCUT2D eigenvalue weighted by molar-refractivity contribution is -0.128. The second kappa shape index (κ2) is 11.9. The van der Waals surface area contributed by atoms with Gasteiger partial charge in [0.1, 0.15) is 23.4 Å². The lowest BCUT2D eigenvalue weighted by Gasteiger charge is -2.54. The Morgan fingerprint density at radius 1 is 1.16 bits per heavy atom. The molecule has 0 radical (unpaired) electrons. The number of carbonyl (C=O) groups is 2. The number of aliphatic hydroxyl groups is 3. The quantitative estimate of drug-likeness (QED) is 0.279. The molecule has 2 aromatic carbocycles. The minimum atomic E-state index is -1.69. The largest absolute Gasteiger partial charge is 0.510 e. The Balaban J connectivity index is 1.62. The number of hydrogen-bond donors (Lipinski definition) is 5. The van der Waals surface area contributed by atoms with Gasteiger partial charge < -0.3 is 26.2 Å². The zero-order valence-corrected chi connectivity index (χ0v) is 27.2. The maximum absolute atomic E-state index is 14.4. The molecular formula is C34H44N3O6P. The smallest absolute Gasteiger partial charge is 0.250 e. The van der Waals surface area contributed by atoms with E-state index >= 15 is 0 Å². The first-order valence-electron chi connectivity index (χ1n) is 15.3. The van der Waals surface area contributed by atoms with Crippen LogP contribution in [0.15, 0.2) is 53.3 Å². The minimum Gasteiger partial charge on any atom is -0.510 e. The number of amides is 1. The Kier molecular flexibility index (Phi) is 8.73. The molecule has 0 bridgehead atoms. The van der Waals surface area contributed by atoms with Gasteiger partial charge in [0, 0.05) is 24.1 Å². The first kappa shape index (κ1) is 32.2. The van der Waals surface area contributed by atoms with E-state index in [-0.39, 0.29) is 28.4 Å². The predicted molar refractivity (Wildman–Crippen MR) is 174 cm³/mol. The monoisotopic (exact) mass is 621 g/mol. The zero-order valence-electron chi connectivity index (χ0n) is 26.0. The highest BCUT2D eigenvalue weighted by molar-refractivity contribution is 7.21. The number of fused-ring (bicyclic) bond motifs is 3. The molecule has 44 heavy (non-hydrogen) atoms. The summed E-state index contributed by atoms with van der Waals surface area (Å²) in [5.41, 5.74) is 9.18. The van der Waals surface area contributed by atoms with E-state index in [2.05, 4.69) is 47.0 Å². The molecule has 1 amide bonds. The molecule has 0 spiro atoms. The van der Waals surface area contributed by atoms with Gasteiger partial charge in [-0.15, -0.1) is 9.24 Å². The second-order valence-corrected chi connectivity index (χ2v) is 13.9. The molecule has 9 nitrogen and oxygen atoms in total. The first-order valence-corrected chi connectivity index (χ1v) is 15.8. The summed E-state index contributed by atoms with van der Waals surface area (Å²) < 4.78 is 0. The summed E-state index contributed by atoms with van der Waals surface area (Å²) >= 11 is 0. The van der Waals surface area contributed by atoms with Gasteiger partial charge in [0.25, 0.3) is 5.91 Å². The van der Waals surface area contributed by atoms with Crippen molar-refractivity contribution in [1.29, 1.82) is 0 Å². The van der Waals surface area contributed by atoms with Crippen LogP contribution in [0.25, 0.3) is 16.9 Å². The van der Waals surface area contributed by atoms with Crippen molar-refractivity contribution in [3.8, 4) is 16.9 Å². The number of hydrogen-bond acceptors (Lipinski definition) is 8. The van der Waals surface area contributed by atoms with E-state index in [0.29, 0.717) is 18.9 Å². The molecule has 0 aromatic heterocycles. The number of rotatable bonds is 8. The summed E-state index contributed by atoms with van der Waals surface area (Å²) in [6.45, 7) is 8.33. The average molecular weight is 622 g/mol. The molecule has 2 aromatic rings. The standard InChI is InChI=1S/C34H44N3O6P/c1-6-12-37(17(2)3)16-18-8-7-9-19(13-18)21-10-11-24(38)26-22(21)14-20-15-23-28(36(4)5)30(40)27(33(35)43)32(42)34(23,44)31(41)25(20)29(26)39/h7-11,13,17,20,23,28,32,38-40,42H,6,12,14-16,44H2,1-5H3,(H2,35,43)/t20-,23-,28-,32?,34-/m0/s1. The van der Waals surface area contributed by atoms with Crippen molar-refractivity contribution in [3.05, 3.63) is 70.0 Å². The van der Waals surface area contributed by atoms with Crippen molar-refractivity contribution in [2.24, 2.45) is 17.6 Å². The number of Topliss-reactive ketones (excluding diaryl/α,β-unsaturated/α-hetero) is 1. The van der Waals surface area contributed by atoms with Crippen molar-refractivity contribution in [2.45, 2.75) is 69.9 Å². The Bertz CT molecular complexity index is 1570. The molecule has 6 N–H and O–H groups in total. The number of primary amides is 1. The molecule has 3 aliphatic carbocycles. The summed E-state index contributed by atoms with van der Waals surface area (Å²) in [5, 5.41) is 43.6. The van der Waals surface area contributed by atoms with Gasteiger partial charge in [-0.3, -0.25) is 19.4 Å². The van der Waals surface area contributed by atoms with E-state index in [9.17, 15) is 30.0 Å². The fourth-order valence-electron chi connectivity index (χ4n) is 7.65. The number of phenols is 1. The number of allylic oxidation sites excluding steroid dienone is 1. The topological polar surface area (TPSA) is 148 Å². The maximum atomic E-state index is 14.4. The van der Waals surface area contributed by atoms with Crippen LogP contribution in [0, 0.1) is 11.8 Å². The van der Waals surface area contributed by atoms with E-state index in [1.165, 1.54) is 6.07 Å². The summed E-state index contributed by atoms with van der Waals surface area (Å²) in [4.78, 5) is 30.8. The molecule has 0 aliphatic heterocycles. The average Bonchev–Trinajstić information content (AvgIpc) is 2.94. The van der Waals surface area contributed by atoms with Crippen LogP contribution in [-0.2, 0) is 22.6 Å². The van der Waals surface area contributed by atoms with Crippen molar-refractivity contribution < 1.29 is 30.0 Å². The fourth-order valence-corrected chi connectivity index (χ4v) is 8.29. The molecule has 6 atom stereocenters. The molecule has 0 saturated heterocycles. The predicted octanol–water partition coefficient (Wildman–Crippen LogP) is 3.93. The van der Waals surface area contributed by atoms with Crippen LogP contribution in [-0.4, -0.2) is 85.9 Å². The lowest BCUT2D eigenvalue weighted by atomic mass is 9.58. The third-order valence-corrected chi connectivity index (χ3v) is 10.8. The molecule has 1 fully saturated rings. The highest BCUT2D eigenvalue weighted by Gasteiger charge is 2.63. The number of benzene rings is 2. The lowest BCUT2D eigenvalue weighted by Crippen LogP contribution is -2.65. The molecule has 2 unspecified atom stereocenters. The minimum absolute atomic E-state index is 0.110. The van der Waals surface area contributed by atoms with Gasteiger partial charge in [-0.2, -0.15) is 0 Å². The van der Waals surface area contributed by atoms with E-state index in [4.69, 9.17) is 5.73 Å². The highest BCUT2D eigenvalue weighted by Crippen LogP contribution is 2.57. The van der Waals surface area contributed by atoms with Crippen molar-refractivity contribution in [1.82, 2.24) is 9.80 Å². The third-order valence-electron chi connectivity index (χ3n) is 9.78. The molecule has 0 heterocycles. The summed E-state index contributed by atoms with van der Waals surface area (Å²) in [7, 11) is 5.90. The fraction of sp³-hybridized carbons (Fsp3) is 0.471. The van der Waals surface area contributed by atoms with E-state index in [0.717, 1.165) is 41.8 Å². The van der Waals surface area contributed by atoms with Crippen molar-refractivity contribution in [2.75, 3.05) is 20.6 Å². The number of aromatic hydroxyl groups is 1. The van der Waals surface area contributed by atoms with Gasteiger partial charge >= 0.3 is 0 Å². The van der Waals surface area contributed by atoms with Crippen LogP contribution < -0.4 is 5.73 Å². The first-order chi connectivity index (χ1) is 20.7. The Labute approximate surface area is 261 Å². The number of carbonyl (C=O) groups excluding carboxylic acids is 2. The van der Waals surface area contributed by atoms with Gasteiger partial charge in [0.05, 0.1) is 22.3 Å². The van der Waals surface area contributed by atoms with Gasteiger partial charge in [-0.05, 0) is 94.1 Å². The summed E-state index contributed by atoms with van der Waals surface area (Å²) in [6, 6.07) is 11.3. The third kappa shape index (κ3) is 5.04. The van der Waals surface area contributed by atoms with E-state index < -0.39 is 46.4 Å². The Morgan fingerprint density at radius 2 is 1.86 bits per heavy atom. The number of nitrogens with two attached hydrogens (primary N) is 1. The molecule has 5 rings (SSSR count). The normalized spacial score (nSPS) is 26.7. The number of likely N-dealkylation sites (N-methyl/N-ethyl adjacent to an activating group) is 1. The van der Waals surface area contributed by atoms with Gasteiger partial charge in [-0.25, -0.2) is 0 Å². The molecule has 236 valence electrons. The molecule has 10 heteroatoms. The number of aliphatic hydroxyl groups excluding tert-OH is 3. The van der Waals surface area contributed by atoms with E-state index in [1.807, 2.05) is 18.2 Å². The van der Waals surface area contributed by atoms with E-state index in [1.54, 1.807) is 19.0 Å². The second-order valence-electron chi connectivity index (χ2n) is 13.0. The van der Waals surface area contributed by atoms with Crippen LogP contribution in [0.5, 0.6) is 5.75 Å². The van der Waals surface area contributed by atoms with Crippen molar-refractivity contribution >= 4 is 26.7 Å². The number of nitrogens with zero attached hydrogens (tertiary/aromatic N) is 2. The summed E-state index contributed by atoms with van der Waals surface area (Å²) in [5.74, 6) is -3.42. The molecule has 3 aliphatic rings. The van der Waals surface area contributed by atoms with Crippen LogP contribution in [0.3, 0.4) is 0 Å². The van der Waals surface area contributed by atoms with Crippen LogP contribution in [0.2, 0.25) is 0 Å².